The molecule has 156 valence electrons. The van der Waals surface area contributed by atoms with Crippen LogP contribution in [0.2, 0.25) is 0 Å². The maximum atomic E-state index is 11.3. The number of aliphatic hydroxyl groups excluding tert-OH is 1. The van der Waals surface area contributed by atoms with Gasteiger partial charge in [-0.3, -0.25) is 0 Å². The number of hydrogen-bond acceptors (Lipinski definition) is 9. The first-order valence-electron chi connectivity index (χ1n) is 8.71. The summed E-state index contributed by atoms with van der Waals surface area (Å²) in [6, 6.07) is 0. The van der Waals surface area contributed by atoms with E-state index in [1.54, 1.807) is 13.8 Å². The Morgan fingerprint density at radius 3 is 2.37 bits per heavy atom. The van der Waals surface area contributed by atoms with Gasteiger partial charge in [-0.1, -0.05) is 5.16 Å². The molecule has 0 aromatic rings. The van der Waals surface area contributed by atoms with Gasteiger partial charge in [0.1, 0.15) is 6.34 Å². The molecule has 1 aliphatic rings. The van der Waals surface area contributed by atoms with E-state index >= 15 is 0 Å². The number of esters is 2. The van der Waals surface area contributed by atoms with E-state index < -0.39 is 11.9 Å². The van der Waals surface area contributed by atoms with Gasteiger partial charge in [-0.2, -0.15) is 0 Å². The second kappa shape index (κ2) is 14.9. The van der Waals surface area contributed by atoms with E-state index in [9.17, 15) is 9.59 Å². The Bertz CT molecular complexity index is 487. The van der Waals surface area contributed by atoms with Crippen molar-refractivity contribution in [2.24, 2.45) is 10.9 Å². The molecule has 3 N–H and O–H groups in total. The SMILES string of the molecule is CC1(OCCO)CCOCC1.CCOC(=O)/C=C(/O/N=C\N)C(=O)OCC. The standard InChI is InChI=1S/C9H14N2O5.C8H16O3/c1-3-14-8(12)5-7(16-11-6-10)9(13)15-4-2;1-8(11-7-4-9)2-5-10-6-3-8/h5-6H,3-4H2,1-2H3,(H2,10,11);9H,2-7H2,1H3/b7-5+;. The summed E-state index contributed by atoms with van der Waals surface area (Å²) < 4.78 is 19.9. The summed E-state index contributed by atoms with van der Waals surface area (Å²) in [5, 5.41) is 11.7. The summed E-state index contributed by atoms with van der Waals surface area (Å²) in [6.07, 6.45) is 3.55. The maximum absolute atomic E-state index is 11.3. The molecule has 1 saturated heterocycles. The molecule has 0 amide bonds. The zero-order valence-corrected chi connectivity index (χ0v) is 16.1. The molecule has 1 heterocycles. The summed E-state index contributed by atoms with van der Waals surface area (Å²) in [4.78, 5) is 26.9. The Morgan fingerprint density at radius 2 is 1.85 bits per heavy atom. The fourth-order valence-electron chi connectivity index (χ4n) is 1.94. The van der Waals surface area contributed by atoms with Crippen molar-refractivity contribution >= 4 is 18.3 Å². The minimum absolute atomic E-state index is 0.0546. The minimum atomic E-state index is -0.818. The molecule has 1 rings (SSSR count). The Hall–Kier alpha value is -2.17. The molecule has 10 heteroatoms. The van der Waals surface area contributed by atoms with E-state index in [-0.39, 0.29) is 31.2 Å². The van der Waals surface area contributed by atoms with Gasteiger partial charge in [-0.15, -0.1) is 0 Å². The Morgan fingerprint density at radius 1 is 1.22 bits per heavy atom. The zero-order chi connectivity index (χ0) is 20.5. The van der Waals surface area contributed by atoms with E-state index in [0.717, 1.165) is 38.5 Å². The van der Waals surface area contributed by atoms with Crippen molar-refractivity contribution in [3.05, 3.63) is 11.8 Å². The van der Waals surface area contributed by atoms with Gasteiger partial charge in [0.15, 0.2) is 0 Å². The molecule has 27 heavy (non-hydrogen) atoms. The number of oxime groups is 1. The van der Waals surface area contributed by atoms with Crippen LogP contribution in [0, 0.1) is 0 Å². The number of carbonyl (C=O) groups is 2. The monoisotopic (exact) mass is 390 g/mol. The third kappa shape index (κ3) is 11.9. The molecule has 0 aliphatic carbocycles. The van der Waals surface area contributed by atoms with E-state index in [2.05, 4.69) is 26.4 Å². The Labute approximate surface area is 159 Å². The Balaban J connectivity index is 0.000000533. The number of aliphatic hydroxyl groups is 1. The van der Waals surface area contributed by atoms with Crippen LogP contribution in [0.15, 0.2) is 17.0 Å². The molecule has 0 radical (unpaired) electrons. The maximum Gasteiger partial charge on any atom is 0.377 e. The number of rotatable bonds is 9. The van der Waals surface area contributed by atoms with Crippen molar-refractivity contribution in [2.75, 3.05) is 39.6 Å². The lowest BCUT2D eigenvalue weighted by molar-refractivity contribution is -0.144. The topological polar surface area (TPSA) is 139 Å². The molecule has 10 nitrogen and oxygen atoms in total. The molecule has 0 bridgehead atoms. The smallest absolute Gasteiger partial charge is 0.377 e. The van der Waals surface area contributed by atoms with Crippen LogP contribution in [0.3, 0.4) is 0 Å². The highest BCUT2D eigenvalue weighted by molar-refractivity contribution is 5.94. The van der Waals surface area contributed by atoms with Gasteiger partial charge in [-0.05, 0) is 33.6 Å². The second-order valence-corrected chi connectivity index (χ2v) is 5.46. The van der Waals surface area contributed by atoms with Crippen molar-refractivity contribution in [1.29, 1.82) is 0 Å². The molecule has 0 atom stereocenters. The van der Waals surface area contributed by atoms with E-state index in [4.69, 9.17) is 20.3 Å². The largest absolute Gasteiger partial charge is 0.463 e. The highest BCUT2D eigenvalue weighted by Crippen LogP contribution is 2.23. The third-order valence-corrected chi connectivity index (χ3v) is 3.32. The molecule has 0 aromatic heterocycles. The minimum Gasteiger partial charge on any atom is -0.463 e. The predicted molar refractivity (Wildman–Crippen MR) is 96.6 cm³/mol. The van der Waals surface area contributed by atoms with Crippen LogP contribution in [0.1, 0.15) is 33.6 Å². The van der Waals surface area contributed by atoms with Gasteiger partial charge < -0.3 is 34.6 Å². The summed E-state index contributed by atoms with van der Waals surface area (Å²) in [5.74, 6) is -1.93. The van der Waals surface area contributed by atoms with Gasteiger partial charge in [0, 0.05) is 13.2 Å². The second-order valence-electron chi connectivity index (χ2n) is 5.46. The summed E-state index contributed by atoms with van der Waals surface area (Å²) in [7, 11) is 0. The molecule has 1 aliphatic heterocycles. The van der Waals surface area contributed by atoms with Gasteiger partial charge in [0.25, 0.3) is 0 Å². The van der Waals surface area contributed by atoms with Crippen LogP contribution in [-0.4, -0.2) is 68.6 Å². The summed E-state index contributed by atoms with van der Waals surface area (Å²) in [5.41, 5.74) is 4.87. The van der Waals surface area contributed by atoms with E-state index in [0.29, 0.717) is 6.61 Å². The number of hydrogen-bond donors (Lipinski definition) is 2. The fraction of sp³-hybridized carbons (Fsp3) is 0.706. The molecule has 1 fully saturated rings. The number of nitrogens with zero attached hydrogens (tertiary/aromatic N) is 1. The van der Waals surface area contributed by atoms with Crippen molar-refractivity contribution in [3.8, 4) is 0 Å². The quantitative estimate of drug-likeness (QED) is 0.144. The average Bonchev–Trinajstić information content (AvgIpc) is 2.65. The lowest BCUT2D eigenvalue weighted by Gasteiger charge is -2.33. The summed E-state index contributed by atoms with van der Waals surface area (Å²) in [6.45, 7) is 7.77. The van der Waals surface area contributed by atoms with Gasteiger partial charge >= 0.3 is 11.9 Å². The first-order chi connectivity index (χ1) is 12.9. The molecular formula is C17H30N2O8. The van der Waals surface area contributed by atoms with Crippen LogP contribution in [0.25, 0.3) is 0 Å². The molecule has 0 aromatic carbocycles. The van der Waals surface area contributed by atoms with Gasteiger partial charge in [0.2, 0.25) is 5.76 Å². The lowest BCUT2D eigenvalue weighted by Crippen LogP contribution is -2.36. The van der Waals surface area contributed by atoms with Gasteiger partial charge in [-0.25, -0.2) is 9.59 Å². The lowest BCUT2D eigenvalue weighted by atomic mass is 9.97. The number of ether oxygens (including phenoxy) is 4. The number of nitrogens with two attached hydrogens (primary N) is 1. The Kier molecular flexibility index (Phi) is 13.7. The number of carbonyl (C=O) groups excluding carboxylic acids is 2. The van der Waals surface area contributed by atoms with Crippen LogP contribution < -0.4 is 5.73 Å². The van der Waals surface area contributed by atoms with Crippen LogP contribution in [-0.2, 0) is 33.4 Å². The van der Waals surface area contributed by atoms with E-state index in [1.165, 1.54) is 0 Å². The molecule has 0 unspecified atom stereocenters. The van der Waals surface area contributed by atoms with Crippen molar-refractivity contribution in [2.45, 2.75) is 39.2 Å². The first kappa shape index (κ1) is 24.8. The highest BCUT2D eigenvalue weighted by Gasteiger charge is 2.27. The normalized spacial score (nSPS) is 16.2. The first-order valence-corrected chi connectivity index (χ1v) is 8.71. The fourth-order valence-corrected chi connectivity index (χ4v) is 1.94. The highest BCUT2D eigenvalue weighted by atomic mass is 16.7. The van der Waals surface area contributed by atoms with Gasteiger partial charge in [0.05, 0.1) is 38.1 Å². The van der Waals surface area contributed by atoms with Crippen LogP contribution >= 0.6 is 0 Å². The molecular weight excluding hydrogens is 360 g/mol. The van der Waals surface area contributed by atoms with Crippen molar-refractivity contribution in [1.82, 2.24) is 0 Å². The van der Waals surface area contributed by atoms with Crippen LogP contribution in [0.4, 0.5) is 0 Å². The average molecular weight is 390 g/mol. The van der Waals surface area contributed by atoms with Crippen LogP contribution in [0.5, 0.6) is 0 Å². The predicted octanol–water partition coefficient (Wildman–Crippen LogP) is 0.480. The van der Waals surface area contributed by atoms with E-state index in [1.807, 2.05) is 0 Å². The molecule has 0 saturated carbocycles. The zero-order valence-electron chi connectivity index (χ0n) is 16.1. The van der Waals surface area contributed by atoms with Crippen molar-refractivity contribution < 1.29 is 38.5 Å². The summed E-state index contributed by atoms with van der Waals surface area (Å²) >= 11 is 0. The van der Waals surface area contributed by atoms with Crippen molar-refractivity contribution in [3.63, 3.8) is 0 Å². The molecule has 0 spiro atoms. The third-order valence-electron chi connectivity index (χ3n) is 3.32.